The summed E-state index contributed by atoms with van der Waals surface area (Å²) in [5, 5.41) is 21.1. The SMILES string of the molecule is CC(NC1CCCC1)C(=O)Nc1ccc(Oc2ccccc2)cc1.O=C(O)C(=O)O. The predicted molar refractivity (Wildman–Crippen MR) is 112 cm³/mol. The molecule has 1 aliphatic carbocycles. The zero-order valence-corrected chi connectivity index (χ0v) is 16.7. The molecule has 0 aromatic heterocycles. The van der Waals surface area contributed by atoms with E-state index in [2.05, 4.69) is 10.6 Å². The third-order valence-electron chi connectivity index (χ3n) is 4.52. The van der Waals surface area contributed by atoms with Gasteiger partial charge in [-0.15, -0.1) is 0 Å². The average molecular weight is 414 g/mol. The summed E-state index contributed by atoms with van der Waals surface area (Å²) < 4.78 is 5.75. The minimum atomic E-state index is -1.82. The fourth-order valence-electron chi connectivity index (χ4n) is 3.00. The van der Waals surface area contributed by atoms with Crippen molar-refractivity contribution in [2.45, 2.75) is 44.7 Å². The van der Waals surface area contributed by atoms with E-state index in [9.17, 15) is 4.79 Å². The molecule has 0 radical (unpaired) electrons. The molecule has 30 heavy (non-hydrogen) atoms. The normalized spacial score (nSPS) is 14.2. The molecule has 0 bridgehead atoms. The number of carbonyl (C=O) groups is 3. The van der Waals surface area contributed by atoms with Gasteiger partial charge in [-0.2, -0.15) is 0 Å². The van der Waals surface area contributed by atoms with Crippen LogP contribution in [0.1, 0.15) is 32.6 Å². The first-order valence-electron chi connectivity index (χ1n) is 9.71. The number of benzene rings is 2. The van der Waals surface area contributed by atoms with Gasteiger partial charge in [0.15, 0.2) is 0 Å². The van der Waals surface area contributed by atoms with Gasteiger partial charge in [-0.05, 0) is 56.2 Å². The summed E-state index contributed by atoms with van der Waals surface area (Å²) in [5.41, 5.74) is 0.778. The topological polar surface area (TPSA) is 125 Å². The zero-order chi connectivity index (χ0) is 21.9. The zero-order valence-electron chi connectivity index (χ0n) is 16.7. The molecular weight excluding hydrogens is 388 g/mol. The van der Waals surface area contributed by atoms with Gasteiger partial charge in [0.1, 0.15) is 11.5 Å². The Bertz CT molecular complexity index is 820. The summed E-state index contributed by atoms with van der Waals surface area (Å²) >= 11 is 0. The molecule has 0 saturated heterocycles. The second kappa shape index (κ2) is 11.6. The van der Waals surface area contributed by atoms with Gasteiger partial charge in [-0.3, -0.25) is 4.79 Å². The molecule has 0 spiro atoms. The summed E-state index contributed by atoms with van der Waals surface area (Å²) in [5.74, 6) is -2.11. The highest BCUT2D eigenvalue weighted by atomic mass is 16.5. The molecule has 0 heterocycles. The standard InChI is InChI=1S/C20H24N2O2.C2H2O4/c1-15(21-16-7-5-6-8-16)20(23)22-17-11-13-19(14-12-17)24-18-9-3-2-4-10-18;3-1(4)2(5)6/h2-4,9-16,21H,5-8H2,1H3,(H,22,23);(H,3,4)(H,5,6). The Labute approximate surface area is 174 Å². The number of carboxylic acids is 2. The van der Waals surface area contributed by atoms with E-state index in [4.69, 9.17) is 24.5 Å². The van der Waals surface area contributed by atoms with Crippen molar-refractivity contribution in [1.29, 1.82) is 0 Å². The van der Waals surface area contributed by atoms with Crippen LogP contribution in [0.15, 0.2) is 54.6 Å². The number of carbonyl (C=O) groups excluding carboxylic acids is 1. The molecule has 4 N–H and O–H groups in total. The van der Waals surface area contributed by atoms with Crippen molar-refractivity contribution >= 4 is 23.5 Å². The van der Waals surface area contributed by atoms with Gasteiger partial charge in [0.05, 0.1) is 6.04 Å². The van der Waals surface area contributed by atoms with E-state index in [1.807, 2.05) is 61.5 Å². The quantitative estimate of drug-likeness (QED) is 0.533. The van der Waals surface area contributed by atoms with Crippen molar-refractivity contribution in [2.24, 2.45) is 0 Å². The Morgan fingerprint density at radius 1 is 0.900 bits per heavy atom. The number of amides is 1. The van der Waals surface area contributed by atoms with Crippen LogP contribution in [0.5, 0.6) is 11.5 Å². The van der Waals surface area contributed by atoms with Crippen molar-refractivity contribution in [3.63, 3.8) is 0 Å². The van der Waals surface area contributed by atoms with Crippen LogP contribution in [0.2, 0.25) is 0 Å². The maximum atomic E-state index is 12.3. The highest BCUT2D eigenvalue weighted by molar-refractivity contribution is 6.27. The summed E-state index contributed by atoms with van der Waals surface area (Å²) in [6, 6.07) is 17.4. The molecule has 160 valence electrons. The van der Waals surface area contributed by atoms with Crippen LogP contribution in [0.4, 0.5) is 5.69 Å². The van der Waals surface area contributed by atoms with Crippen LogP contribution in [-0.2, 0) is 14.4 Å². The molecule has 0 aliphatic heterocycles. The number of hydrogen-bond acceptors (Lipinski definition) is 5. The summed E-state index contributed by atoms with van der Waals surface area (Å²) in [4.78, 5) is 30.5. The van der Waals surface area contributed by atoms with E-state index in [0.29, 0.717) is 6.04 Å². The number of ether oxygens (including phenoxy) is 1. The van der Waals surface area contributed by atoms with Crippen LogP contribution < -0.4 is 15.4 Å². The van der Waals surface area contributed by atoms with Gasteiger partial charge in [0, 0.05) is 11.7 Å². The lowest BCUT2D eigenvalue weighted by Gasteiger charge is -2.18. The van der Waals surface area contributed by atoms with Gasteiger partial charge in [0.2, 0.25) is 5.91 Å². The third-order valence-corrected chi connectivity index (χ3v) is 4.52. The lowest BCUT2D eigenvalue weighted by Crippen LogP contribution is -2.42. The van der Waals surface area contributed by atoms with Crippen molar-refractivity contribution in [3.8, 4) is 11.5 Å². The summed E-state index contributed by atoms with van der Waals surface area (Å²) in [7, 11) is 0. The second-order valence-electron chi connectivity index (χ2n) is 6.91. The number of carboxylic acid groups (broad SMARTS) is 2. The van der Waals surface area contributed by atoms with Crippen molar-refractivity contribution in [2.75, 3.05) is 5.32 Å². The number of anilines is 1. The molecule has 1 aliphatic rings. The maximum absolute atomic E-state index is 12.3. The number of nitrogens with one attached hydrogen (secondary N) is 2. The Kier molecular flexibility index (Phi) is 8.83. The Morgan fingerprint density at radius 2 is 1.43 bits per heavy atom. The van der Waals surface area contributed by atoms with E-state index in [1.54, 1.807) is 0 Å². The minimum absolute atomic E-state index is 0.00127. The minimum Gasteiger partial charge on any atom is -0.473 e. The maximum Gasteiger partial charge on any atom is 0.414 e. The first kappa shape index (κ1) is 22.9. The molecule has 1 fully saturated rings. The molecule has 1 saturated carbocycles. The van der Waals surface area contributed by atoms with E-state index < -0.39 is 11.9 Å². The largest absolute Gasteiger partial charge is 0.473 e. The van der Waals surface area contributed by atoms with Gasteiger partial charge < -0.3 is 25.6 Å². The molecule has 2 aromatic carbocycles. The fourth-order valence-corrected chi connectivity index (χ4v) is 3.00. The van der Waals surface area contributed by atoms with E-state index >= 15 is 0 Å². The monoisotopic (exact) mass is 414 g/mol. The molecule has 8 nitrogen and oxygen atoms in total. The molecule has 1 amide bonds. The molecule has 1 unspecified atom stereocenters. The molecule has 1 atom stereocenters. The first-order valence-corrected chi connectivity index (χ1v) is 9.71. The van der Waals surface area contributed by atoms with E-state index in [0.717, 1.165) is 17.2 Å². The van der Waals surface area contributed by atoms with Crippen molar-refractivity contribution < 1.29 is 29.3 Å². The van der Waals surface area contributed by atoms with Crippen LogP contribution >= 0.6 is 0 Å². The summed E-state index contributed by atoms with van der Waals surface area (Å²) in [6.45, 7) is 1.92. The molecular formula is C22H26N2O6. The van der Waals surface area contributed by atoms with E-state index in [-0.39, 0.29) is 11.9 Å². The van der Waals surface area contributed by atoms with Gasteiger partial charge in [-0.25, -0.2) is 9.59 Å². The number of hydrogen-bond donors (Lipinski definition) is 4. The van der Waals surface area contributed by atoms with Crippen LogP contribution in [0, 0.1) is 0 Å². The molecule has 3 rings (SSSR count). The number of aliphatic carboxylic acids is 2. The first-order chi connectivity index (χ1) is 14.3. The van der Waals surface area contributed by atoms with Crippen LogP contribution in [-0.4, -0.2) is 40.1 Å². The highest BCUT2D eigenvalue weighted by Gasteiger charge is 2.20. The number of rotatable bonds is 6. The van der Waals surface area contributed by atoms with Gasteiger partial charge in [-0.1, -0.05) is 31.0 Å². The van der Waals surface area contributed by atoms with Gasteiger partial charge in [0.25, 0.3) is 0 Å². The van der Waals surface area contributed by atoms with Gasteiger partial charge >= 0.3 is 11.9 Å². The Balaban J connectivity index is 0.000000469. The van der Waals surface area contributed by atoms with Crippen LogP contribution in [0.3, 0.4) is 0 Å². The smallest absolute Gasteiger partial charge is 0.414 e. The second-order valence-corrected chi connectivity index (χ2v) is 6.91. The Morgan fingerprint density at radius 3 is 1.97 bits per heavy atom. The molecule has 2 aromatic rings. The van der Waals surface area contributed by atoms with Crippen LogP contribution in [0.25, 0.3) is 0 Å². The van der Waals surface area contributed by atoms with E-state index in [1.165, 1.54) is 25.7 Å². The van der Waals surface area contributed by atoms with Crippen molar-refractivity contribution in [3.05, 3.63) is 54.6 Å². The summed E-state index contributed by atoms with van der Waals surface area (Å²) in [6.07, 6.45) is 4.86. The third kappa shape index (κ3) is 7.92. The average Bonchev–Trinajstić information content (AvgIpc) is 3.23. The van der Waals surface area contributed by atoms with Crippen molar-refractivity contribution in [1.82, 2.24) is 5.32 Å². The highest BCUT2D eigenvalue weighted by Crippen LogP contribution is 2.23. The predicted octanol–water partition coefficient (Wildman–Crippen LogP) is 3.49. The lowest BCUT2D eigenvalue weighted by atomic mass is 10.2. The molecule has 8 heteroatoms. The number of para-hydroxylation sites is 1. The fraction of sp³-hybridized carbons (Fsp3) is 0.318. The lowest BCUT2D eigenvalue weighted by molar-refractivity contribution is -0.159. The Hall–Kier alpha value is -3.39.